The highest BCUT2D eigenvalue weighted by atomic mass is 16.5. The predicted octanol–water partition coefficient (Wildman–Crippen LogP) is 3.47. The number of pyridine rings is 1. The van der Waals surface area contributed by atoms with Crippen molar-refractivity contribution in [2.75, 3.05) is 6.61 Å². The van der Waals surface area contributed by atoms with Crippen molar-refractivity contribution in [1.82, 2.24) is 14.9 Å². The average Bonchev–Trinajstić information content (AvgIpc) is 3.03. The highest BCUT2D eigenvalue weighted by molar-refractivity contribution is 5.92. The van der Waals surface area contributed by atoms with Gasteiger partial charge in [0.25, 0.3) is 5.91 Å². The summed E-state index contributed by atoms with van der Waals surface area (Å²) in [5.41, 5.74) is 3.62. The van der Waals surface area contributed by atoms with E-state index < -0.39 is 0 Å². The van der Waals surface area contributed by atoms with Crippen LogP contribution in [0.1, 0.15) is 28.7 Å². The Morgan fingerprint density at radius 3 is 2.88 bits per heavy atom. The second-order valence-corrected chi connectivity index (χ2v) is 6.42. The van der Waals surface area contributed by atoms with Crippen molar-refractivity contribution in [1.29, 1.82) is 0 Å². The highest BCUT2D eigenvalue weighted by Gasteiger charge is 2.29. The molecule has 0 aliphatic carbocycles. The monoisotopic (exact) mass is 349 g/mol. The molecule has 132 valence electrons. The van der Waals surface area contributed by atoms with Crippen LogP contribution in [0.25, 0.3) is 11.1 Å². The third-order valence-corrected chi connectivity index (χ3v) is 4.61. The Kier molecular flexibility index (Phi) is 4.16. The second kappa shape index (κ2) is 6.63. The molecular formula is C20H19N3O3. The molecule has 0 radical (unpaired) electrons. The van der Waals surface area contributed by atoms with Crippen LogP contribution >= 0.6 is 0 Å². The van der Waals surface area contributed by atoms with E-state index in [0.717, 1.165) is 22.4 Å². The molecule has 3 heterocycles. The van der Waals surface area contributed by atoms with Crippen LogP contribution in [0, 0.1) is 6.92 Å². The van der Waals surface area contributed by atoms with Gasteiger partial charge in [-0.25, -0.2) is 4.98 Å². The molecule has 0 saturated heterocycles. The molecule has 0 N–H and O–H groups in total. The standard InChI is InChI=1S/C20H19N3O3/c1-13-11-25-18-6-5-15(16-4-3-7-21-9-16)8-17(18)10-23(13)20(24)19-14(2)22-12-26-19/h3-9,12-13H,10-11H2,1-2H3. The van der Waals surface area contributed by atoms with Gasteiger partial charge in [-0.15, -0.1) is 0 Å². The van der Waals surface area contributed by atoms with E-state index in [0.29, 0.717) is 18.8 Å². The lowest BCUT2D eigenvalue weighted by Gasteiger charge is -2.25. The average molecular weight is 349 g/mol. The molecule has 2 aromatic heterocycles. The predicted molar refractivity (Wildman–Crippen MR) is 95.7 cm³/mol. The minimum absolute atomic E-state index is 0.0822. The van der Waals surface area contributed by atoms with Crippen molar-refractivity contribution in [2.45, 2.75) is 26.4 Å². The van der Waals surface area contributed by atoms with Crippen LogP contribution in [0.15, 0.2) is 53.5 Å². The van der Waals surface area contributed by atoms with E-state index >= 15 is 0 Å². The number of hydrogen-bond donors (Lipinski definition) is 0. The van der Waals surface area contributed by atoms with Crippen molar-refractivity contribution in [3.05, 3.63) is 66.1 Å². The number of nitrogens with zero attached hydrogens (tertiary/aromatic N) is 3. The van der Waals surface area contributed by atoms with Gasteiger partial charge < -0.3 is 14.1 Å². The van der Waals surface area contributed by atoms with E-state index in [-0.39, 0.29) is 17.7 Å². The number of aromatic nitrogens is 2. The van der Waals surface area contributed by atoms with Gasteiger partial charge >= 0.3 is 0 Å². The normalized spacial score (nSPS) is 16.5. The van der Waals surface area contributed by atoms with E-state index in [1.165, 1.54) is 6.39 Å². The summed E-state index contributed by atoms with van der Waals surface area (Å²) >= 11 is 0. The summed E-state index contributed by atoms with van der Waals surface area (Å²) in [6.07, 6.45) is 4.87. The first kappa shape index (κ1) is 16.3. The van der Waals surface area contributed by atoms with Gasteiger partial charge in [-0.2, -0.15) is 0 Å². The maximum absolute atomic E-state index is 12.9. The molecule has 1 aromatic carbocycles. The van der Waals surface area contributed by atoms with E-state index in [4.69, 9.17) is 9.15 Å². The summed E-state index contributed by atoms with van der Waals surface area (Å²) < 4.78 is 11.2. The summed E-state index contributed by atoms with van der Waals surface area (Å²) in [6, 6.07) is 9.85. The molecule has 0 fully saturated rings. The van der Waals surface area contributed by atoms with E-state index in [1.807, 2.05) is 37.4 Å². The van der Waals surface area contributed by atoms with E-state index in [1.54, 1.807) is 18.0 Å². The molecule has 6 heteroatoms. The minimum atomic E-state index is -0.171. The third kappa shape index (κ3) is 2.94. The number of benzene rings is 1. The number of amides is 1. The zero-order valence-electron chi connectivity index (χ0n) is 14.7. The van der Waals surface area contributed by atoms with Crippen LogP contribution in [0.2, 0.25) is 0 Å². The minimum Gasteiger partial charge on any atom is -0.491 e. The summed E-state index contributed by atoms with van der Waals surface area (Å²) in [4.78, 5) is 22.9. The van der Waals surface area contributed by atoms with Crippen molar-refractivity contribution in [3.8, 4) is 16.9 Å². The lowest BCUT2D eigenvalue weighted by atomic mass is 10.0. The van der Waals surface area contributed by atoms with Gasteiger partial charge in [0, 0.05) is 23.5 Å². The maximum atomic E-state index is 12.9. The molecule has 0 spiro atoms. The lowest BCUT2D eigenvalue weighted by molar-refractivity contribution is 0.0612. The first-order valence-corrected chi connectivity index (χ1v) is 8.50. The van der Waals surface area contributed by atoms with Crippen LogP contribution in [0.5, 0.6) is 5.75 Å². The molecule has 3 aromatic rings. The van der Waals surface area contributed by atoms with Gasteiger partial charge in [0.15, 0.2) is 6.39 Å². The van der Waals surface area contributed by atoms with Gasteiger partial charge in [-0.05, 0) is 37.6 Å². The number of aryl methyl sites for hydroxylation is 1. The molecule has 26 heavy (non-hydrogen) atoms. The first-order valence-electron chi connectivity index (χ1n) is 8.50. The zero-order valence-corrected chi connectivity index (χ0v) is 14.7. The maximum Gasteiger partial charge on any atom is 0.292 e. The SMILES string of the molecule is Cc1ncoc1C(=O)N1Cc2cc(-c3cccnc3)ccc2OCC1C. The fourth-order valence-electron chi connectivity index (χ4n) is 3.11. The number of fused-ring (bicyclic) bond motifs is 1. The fraction of sp³-hybridized carbons (Fsp3) is 0.250. The number of oxazole rings is 1. The van der Waals surface area contributed by atoms with Crippen molar-refractivity contribution in [2.24, 2.45) is 0 Å². The van der Waals surface area contributed by atoms with Gasteiger partial charge in [-0.1, -0.05) is 12.1 Å². The van der Waals surface area contributed by atoms with E-state index in [2.05, 4.69) is 16.0 Å². The number of ether oxygens (including phenoxy) is 1. The van der Waals surface area contributed by atoms with Crippen LogP contribution in [0.4, 0.5) is 0 Å². The van der Waals surface area contributed by atoms with Gasteiger partial charge in [-0.3, -0.25) is 9.78 Å². The van der Waals surface area contributed by atoms with Crippen LogP contribution in [0.3, 0.4) is 0 Å². The zero-order chi connectivity index (χ0) is 18.1. The Labute approximate surface area is 151 Å². The summed E-state index contributed by atoms with van der Waals surface area (Å²) in [5, 5.41) is 0. The smallest absolute Gasteiger partial charge is 0.292 e. The van der Waals surface area contributed by atoms with Gasteiger partial charge in [0.05, 0.1) is 18.3 Å². The number of carbonyl (C=O) groups excluding carboxylic acids is 1. The molecule has 0 bridgehead atoms. The summed E-state index contributed by atoms with van der Waals surface area (Å²) in [6.45, 7) is 4.61. The van der Waals surface area contributed by atoms with Crippen LogP contribution in [-0.2, 0) is 6.54 Å². The molecule has 6 nitrogen and oxygen atoms in total. The fourth-order valence-corrected chi connectivity index (χ4v) is 3.11. The summed E-state index contributed by atoms with van der Waals surface area (Å²) in [5.74, 6) is 0.911. The van der Waals surface area contributed by atoms with Gasteiger partial charge in [0.2, 0.25) is 5.76 Å². The third-order valence-electron chi connectivity index (χ3n) is 4.61. The number of hydrogen-bond acceptors (Lipinski definition) is 5. The van der Waals surface area contributed by atoms with Crippen molar-refractivity contribution >= 4 is 5.91 Å². The molecule has 0 saturated carbocycles. The van der Waals surface area contributed by atoms with Crippen LogP contribution in [-0.4, -0.2) is 33.4 Å². The Bertz CT molecular complexity index is 936. The van der Waals surface area contributed by atoms with E-state index in [9.17, 15) is 4.79 Å². The second-order valence-electron chi connectivity index (χ2n) is 6.42. The summed E-state index contributed by atoms with van der Waals surface area (Å²) in [7, 11) is 0. The molecular weight excluding hydrogens is 330 g/mol. The van der Waals surface area contributed by atoms with Crippen molar-refractivity contribution in [3.63, 3.8) is 0 Å². The molecule has 1 amide bonds. The number of carbonyl (C=O) groups is 1. The molecule has 4 rings (SSSR count). The lowest BCUT2D eigenvalue weighted by Crippen LogP contribution is -2.40. The van der Waals surface area contributed by atoms with Crippen molar-refractivity contribution < 1.29 is 13.9 Å². The topological polar surface area (TPSA) is 68.5 Å². The Morgan fingerprint density at radius 2 is 2.15 bits per heavy atom. The van der Waals surface area contributed by atoms with Crippen LogP contribution < -0.4 is 4.74 Å². The first-order chi connectivity index (χ1) is 12.6. The molecule has 1 unspecified atom stereocenters. The molecule has 1 aliphatic rings. The van der Waals surface area contributed by atoms with Gasteiger partial charge in [0.1, 0.15) is 12.4 Å². The quantitative estimate of drug-likeness (QED) is 0.709. The number of rotatable bonds is 2. The Morgan fingerprint density at radius 1 is 1.27 bits per heavy atom. The Balaban J connectivity index is 1.69. The highest BCUT2D eigenvalue weighted by Crippen LogP contribution is 2.31. The Hall–Kier alpha value is -3.15. The molecule has 1 aliphatic heterocycles. The molecule has 1 atom stereocenters. The largest absolute Gasteiger partial charge is 0.491 e.